The van der Waals surface area contributed by atoms with Crippen molar-refractivity contribution in [2.45, 2.75) is 27.3 Å². The highest BCUT2D eigenvalue weighted by molar-refractivity contribution is 5.81. The van der Waals surface area contributed by atoms with Crippen molar-refractivity contribution in [2.75, 3.05) is 27.2 Å². The van der Waals surface area contributed by atoms with E-state index >= 15 is 0 Å². The van der Waals surface area contributed by atoms with E-state index < -0.39 is 0 Å². The largest absolute Gasteiger partial charge is 0.337 e. The predicted octanol–water partition coefficient (Wildman–Crippen LogP) is 2.62. The molecule has 0 bridgehead atoms. The average Bonchev–Trinajstić information content (AvgIpc) is 2.33. The number of carbonyl (C=O) groups excluding carboxylic acids is 1. The molecule has 0 aliphatic carbocycles. The normalized spacial score (nSPS) is 11.7. The highest BCUT2D eigenvalue weighted by Crippen LogP contribution is 2.19. The molecule has 19 heavy (non-hydrogen) atoms. The second-order valence-electron chi connectivity index (χ2n) is 6.27. The van der Waals surface area contributed by atoms with Crippen molar-refractivity contribution in [1.82, 2.24) is 9.80 Å². The molecule has 1 aromatic rings. The number of carbonyl (C=O) groups is 1. The summed E-state index contributed by atoms with van der Waals surface area (Å²) < 4.78 is 0. The van der Waals surface area contributed by atoms with Gasteiger partial charge in [-0.3, -0.25) is 4.79 Å². The minimum absolute atomic E-state index is 0.207. The molecule has 106 valence electrons. The van der Waals surface area contributed by atoms with Crippen molar-refractivity contribution in [3.05, 3.63) is 35.9 Å². The molecule has 1 amide bonds. The van der Waals surface area contributed by atoms with Crippen LogP contribution >= 0.6 is 0 Å². The molecular weight excluding hydrogens is 236 g/mol. The number of nitrogens with zero attached hydrogens (tertiary/aromatic N) is 2. The molecule has 0 saturated carbocycles. The summed E-state index contributed by atoms with van der Waals surface area (Å²) in [6, 6.07) is 10.2. The first-order valence-electron chi connectivity index (χ1n) is 6.79. The van der Waals surface area contributed by atoms with Gasteiger partial charge in [-0.25, -0.2) is 0 Å². The lowest BCUT2D eigenvalue weighted by atomic mass is 9.94. The summed E-state index contributed by atoms with van der Waals surface area (Å²) in [5.74, 6) is 0.207. The standard InChI is InChI=1S/C16H26N2O/c1-16(2,3)15(19)18(12-11-17(4)5)13-14-9-7-6-8-10-14/h6-10H,11-13H2,1-5H3. The van der Waals surface area contributed by atoms with Gasteiger partial charge in [-0.1, -0.05) is 51.1 Å². The molecule has 0 heterocycles. The van der Waals surface area contributed by atoms with Crippen LogP contribution in [0.4, 0.5) is 0 Å². The molecule has 1 rings (SSSR count). The van der Waals surface area contributed by atoms with Crippen LogP contribution < -0.4 is 0 Å². The van der Waals surface area contributed by atoms with Crippen LogP contribution in [-0.4, -0.2) is 42.9 Å². The van der Waals surface area contributed by atoms with Gasteiger partial charge in [-0.2, -0.15) is 0 Å². The molecule has 1 aromatic carbocycles. The van der Waals surface area contributed by atoms with Crippen LogP contribution in [0.3, 0.4) is 0 Å². The molecule has 0 aromatic heterocycles. The Morgan fingerprint density at radius 1 is 1.05 bits per heavy atom. The molecule has 0 aliphatic heterocycles. The van der Waals surface area contributed by atoms with Gasteiger partial charge in [-0.15, -0.1) is 0 Å². The van der Waals surface area contributed by atoms with E-state index in [4.69, 9.17) is 0 Å². The van der Waals surface area contributed by atoms with Crippen LogP contribution in [0.2, 0.25) is 0 Å². The van der Waals surface area contributed by atoms with Crippen LogP contribution in [0.15, 0.2) is 30.3 Å². The summed E-state index contributed by atoms with van der Waals surface area (Å²) in [5, 5.41) is 0. The molecule has 0 atom stereocenters. The van der Waals surface area contributed by atoms with Crippen LogP contribution in [0.1, 0.15) is 26.3 Å². The number of likely N-dealkylation sites (N-methyl/N-ethyl adjacent to an activating group) is 1. The van der Waals surface area contributed by atoms with E-state index in [2.05, 4.69) is 17.0 Å². The Balaban J connectivity index is 2.78. The van der Waals surface area contributed by atoms with E-state index in [9.17, 15) is 4.79 Å². The molecule has 0 radical (unpaired) electrons. The van der Waals surface area contributed by atoms with Gasteiger partial charge in [0.25, 0.3) is 0 Å². The monoisotopic (exact) mass is 262 g/mol. The summed E-state index contributed by atoms with van der Waals surface area (Å²) in [5.41, 5.74) is 0.847. The van der Waals surface area contributed by atoms with Gasteiger partial charge in [0.15, 0.2) is 0 Å². The molecule has 0 aliphatic rings. The van der Waals surface area contributed by atoms with Gasteiger partial charge in [0, 0.05) is 25.0 Å². The van der Waals surface area contributed by atoms with Crippen molar-refractivity contribution < 1.29 is 4.79 Å². The summed E-state index contributed by atoms with van der Waals surface area (Å²) in [7, 11) is 4.06. The van der Waals surface area contributed by atoms with Crippen molar-refractivity contribution >= 4 is 5.91 Å². The first-order valence-corrected chi connectivity index (χ1v) is 6.79. The summed E-state index contributed by atoms with van der Waals surface area (Å²) >= 11 is 0. The van der Waals surface area contributed by atoms with Crippen molar-refractivity contribution in [2.24, 2.45) is 5.41 Å². The third-order valence-electron chi connectivity index (χ3n) is 2.96. The van der Waals surface area contributed by atoms with E-state index in [1.807, 2.05) is 58.0 Å². The van der Waals surface area contributed by atoms with Crippen LogP contribution in [0.25, 0.3) is 0 Å². The molecule has 0 N–H and O–H groups in total. The maximum absolute atomic E-state index is 12.5. The highest BCUT2D eigenvalue weighted by atomic mass is 16.2. The van der Waals surface area contributed by atoms with Gasteiger partial charge in [0.1, 0.15) is 0 Å². The fraction of sp³-hybridized carbons (Fsp3) is 0.562. The minimum atomic E-state index is -0.332. The van der Waals surface area contributed by atoms with Crippen LogP contribution in [-0.2, 0) is 11.3 Å². The van der Waals surface area contributed by atoms with Crippen LogP contribution in [0.5, 0.6) is 0 Å². The zero-order valence-corrected chi connectivity index (χ0v) is 12.8. The fourth-order valence-electron chi connectivity index (χ4n) is 1.85. The van der Waals surface area contributed by atoms with E-state index in [0.29, 0.717) is 6.54 Å². The SMILES string of the molecule is CN(C)CCN(Cc1ccccc1)C(=O)C(C)(C)C. The Kier molecular flexibility index (Phi) is 5.55. The van der Waals surface area contributed by atoms with Gasteiger partial charge < -0.3 is 9.80 Å². The Labute approximate surface area is 117 Å². The van der Waals surface area contributed by atoms with E-state index in [1.165, 1.54) is 5.56 Å². The third-order valence-corrected chi connectivity index (χ3v) is 2.96. The molecule has 0 spiro atoms. The number of hydrogen-bond acceptors (Lipinski definition) is 2. The van der Waals surface area contributed by atoms with E-state index in [1.54, 1.807) is 0 Å². The maximum Gasteiger partial charge on any atom is 0.228 e. The first kappa shape index (κ1) is 15.7. The third kappa shape index (κ3) is 5.43. The number of benzene rings is 1. The average molecular weight is 262 g/mol. The molecule has 3 heteroatoms. The van der Waals surface area contributed by atoms with Crippen molar-refractivity contribution in [1.29, 1.82) is 0 Å². The van der Waals surface area contributed by atoms with Gasteiger partial charge in [0.05, 0.1) is 0 Å². The first-order chi connectivity index (χ1) is 8.80. The second-order valence-corrected chi connectivity index (χ2v) is 6.27. The zero-order valence-electron chi connectivity index (χ0n) is 12.8. The summed E-state index contributed by atoms with van der Waals surface area (Å²) in [4.78, 5) is 16.5. The fourth-order valence-corrected chi connectivity index (χ4v) is 1.85. The summed E-state index contributed by atoms with van der Waals surface area (Å²) in [6.45, 7) is 8.26. The molecule has 0 fully saturated rings. The van der Waals surface area contributed by atoms with Gasteiger partial charge in [0.2, 0.25) is 5.91 Å². The van der Waals surface area contributed by atoms with Crippen molar-refractivity contribution in [3.63, 3.8) is 0 Å². The Morgan fingerprint density at radius 3 is 2.11 bits per heavy atom. The summed E-state index contributed by atoms with van der Waals surface area (Å²) in [6.07, 6.45) is 0. The predicted molar refractivity (Wildman–Crippen MR) is 79.9 cm³/mol. The molecule has 0 unspecified atom stereocenters. The highest BCUT2D eigenvalue weighted by Gasteiger charge is 2.27. The smallest absolute Gasteiger partial charge is 0.228 e. The Morgan fingerprint density at radius 2 is 1.63 bits per heavy atom. The number of hydrogen-bond donors (Lipinski definition) is 0. The number of rotatable bonds is 5. The van der Waals surface area contributed by atoms with Crippen molar-refractivity contribution in [3.8, 4) is 0 Å². The Hall–Kier alpha value is -1.35. The second kappa shape index (κ2) is 6.71. The zero-order chi connectivity index (χ0) is 14.5. The molecule has 3 nitrogen and oxygen atoms in total. The topological polar surface area (TPSA) is 23.6 Å². The molecular formula is C16H26N2O. The quantitative estimate of drug-likeness (QED) is 0.814. The Bertz CT molecular complexity index is 393. The molecule has 0 saturated heterocycles. The lowest BCUT2D eigenvalue weighted by Gasteiger charge is -2.30. The van der Waals surface area contributed by atoms with E-state index in [0.717, 1.165) is 13.1 Å². The van der Waals surface area contributed by atoms with E-state index in [-0.39, 0.29) is 11.3 Å². The minimum Gasteiger partial charge on any atom is -0.337 e. The number of amides is 1. The lowest BCUT2D eigenvalue weighted by Crippen LogP contribution is -2.42. The lowest BCUT2D eigenvalue weighted by molar-refractivity contribution is -0.140. The van der Waals surface area contributed by atoms with Crippen LogP contribution in [0, 0.1) is 5.41 Å². The van der Waals surface area contributed by atoms with Gasteiger partial charge in [-0.05, 0) is 19.7 Å². The maximum atomic E-state index is 12.5. The van der Waals surface area contributed by atoms with Gasteiger partial charge >= 0.3 is 0 Å².